The van der Waals surface area contributed by atoms with Gasteiger partial charge < -0.3 is 14.2 Å². The lowest BCUT2D eigenvalue weighted by molar-refractivity contribution is -0.385. The zero-order valence-electron chi connectivity index (χ0n) is 15.7. The molecule has 0 fully saturated rings. The van der Waals surface area contributed by atoms with Crippen molar-refractivity contribution in [3.8, 4) is 17.2 Å². The number of nitrogens with zero attached hydrogens (tertiary/aromatic N) is 1. The van der Waals surface area contributed by atoms with Crippen molar-refractivity contribution in [2.75, 3.05) is 13.7 Å². The van der Waals surface area contributed by atoms with Crippen LogP contribution in [0.2, 0.25) is 0 Å². The topological polar surface area (TPSA) is 87.9 Å². The van der Waals surface area contributed by atoms with Crippen LogP contribution in [-0.2, 0) is 6.61 Å². The Morgan fingerprint density at radius 2 is 1.66 bits per heavy atom. The van der Waals surface area contributed by atoms with Gasteiger partial charge in [0.25, 0.3) is 5.69 Å². The van der Waals surface area contributed by atoms with Crippen molar-refractivity contribution in [2.24, 2.45) is 0 Å². The van der Waals surface area contributed by atoms with E-state index in [9.17, 15) is 14.9 Å². The zero-order chi connectivity index (χ0) is 20.6. The molecule has 0 aliphatic heterocycles. The maximum absolute atomic E-state index is 12.4. The first-order valence-electron chi connectivity index (χ1n) is 8.82. The number of nitro groups is 1. The molecule has 0 heterocycles. The summed E-state index contributed by atoms with van der Waals surface area (Å²) in [6.07, 6.45) is 0. The Hall–Kier alpha value is -3.87. The Labute approximate surface area is 167 Å². The van der Waals surface area contributed by atoms with E-state index < -0.39 is 4.92 Å². The van der Waals surface area contributed by atoms with E-state index in [1.165, 1.54) is 25.3 Å². The summed E-state index contributed by atoms with van der Waals surface area (Å²) in [5.41, 5.74) is 1.35. The molecule has 29 heavy (non-hydrogen) atoms. The van der Waals surface area contributed by atoms with E-state index in [2.05, 4.69) is 0 Å². The molecule has 7 heteroatoms. The van der Waals surface area contributed by atoms with Gasteiger partial charge >= 0.3 is 0 Å². The van der Waals surface area contributed by atoms with Crippen LogP contribution in [0, 0.1) is 10.1 Å². The number of nitro benzene ring substituents is 1. The predicted octanol–water partition coefficient (Wildman–Crippen LogP) is 4.44. The molecule has 148 valence electrons. The number of ether oxygens (including phenoxy) is 3. The third-order valence-corrected chi connectivity index (χ3v) is 4.14. The van der Waals surface area contributed by atoms with Crippen molar-refractivity contribution in [1.29, 1.82) is 0 Å². The first-order chi connectivity index (χ1) is 14.1. The number of benzene rings is 3. The molecule has 0 aliphatic rings. The molecule has 7 nitrogen and oxygen atoms in total. The first kappa shape index (κ1) is 19.9. The summed E-state index contributed by atoms with van der Waals surface area (Å²) in [4.78, 5) is 22.8. The number of carbonyl (C=O) groups is 1. The zero-order valence-corrected chi connectivity index (χ0v) is 15.7. The van der Waals surface area contributed by atoms with Crippen molar-refractivity contribution < 1.29 is 23.9 Å². The minimum absolute atomic E-state index is 0.137. The molecular formula is C22H19NO6. The van der Waals surface area contributed by atoms with E-state index in [-0.39, 0.29) is 23.8 Å². The van der Waals surface area contributed by atoms with Gasteiger partial charge in [-0.2, -0.15) is 0 Å². The van der Waals surface area contributed by atoms with E-state index in [1.54, 1.807) is 24.3 Å². The molecule has 0 atom stereocenters. The molecule has 0 saturated carbocycles. The summed E-state index contributed by atoms with van der Waals surface area (Å²) in [7, 11) is 1.42. The summed E-state index contributed by atoms with van der Waals surface area (Å²) < 4.78 is 16.3. The lowest BCUT2D eigenvalue weighted by Gasteiger charge is -2.10. The lowest BCUT2D eigenvalue weighted by Crippen LogP contribution is -2.12. The van der Waals surface area contributed by atoms with Crippen LogP contribution in [0.3, 0.4) is 0 Å². The highest BCUT2D eigenvalue weighted by Crippen LogP contribution is 2.31. The summed E-state index contributed by atoms with van der Waals surface area (Å²) in [6.45, 7) is 0.158. The summed E-state index contributed by atoms with van der Waals surface area (Å²) in [6, 6.07) is 20.4. The fraction of sp³-hybridized carbons (Fsp3) is 0.136. The SMILES string of the molecule is COc1ccc([N+](=O)[O-])cc1OCC(=O)c1ccc(OCc2ccccc2)cc1. The molecule has 0 N–H and O–H groups in total. The Kier molecular flexibility index (Phi) is 6.42. The standard InChI is InChI=1S/C22H19NO6/c1-27-21-12-9-18(23(25)26)13-22(21)29-15-20(24)17-7-10-19(11-8-17)28-14-16-5-3-2-4-6-16/h2-13H,14-15H2,1H3. The fourth-order valence-electron chi connectivity index (χ4n) is 2.60. The van der Waals surface area contributed by atoms with E-state index in [4.69, 9.17) is 14.2 Å². The third kappa shape index (κ3) is 5.32. The number of methoxy groups -OCH3 is 1. The van der Waals surface area contributed by atoms with Gasteiger partial charge in [0, 0.05) is 11.6 Å². The smallest absolute Gasteiger partial charge is 0.273 e. The molecule has 0 saturated heterocycles. The summed E-state index contributed by atoms with van der Waals surface area (Å²) in [5.74, 6) is 0.825. The second-order valence-corrected chi connectivity index (χ2v) is 6.10. The average molecular weight is 393 g/mol. The number of hydrogen-bond donors (Lipinski definition) is 0. The molecular weight excluding hydrogens is 374 g/mol. The number of Topliss-reactive ketones (excluding diaryl/α,β-unsaturated/α-hetero) is 1. The molecule has 0 unspecified atom stereocenters. The van der Waals surface area contributed by atoms with Crippen molar-refractivity contribution in [1.82, 2.24) is 0 Å². The molecule has 0 aromatic heterocycles. The lowest BCUT2D eigenvalue weighted by atomic mass is 10.1. The van der Waals surface area contributed by atoms with Crippen LogP contribution < -0.4 is 14.2 Å². The molecule has 3 aromatic carbocycles. The monoisotopic (exact) mass is 393 g/mol. The molecule has 0 spiro atoms. The number of carbonyl (C=O) groups excluding carboxylic acids is 1. The summed E-state index contributed by atoms with van der Waals surface area (Å²) in [5, 5.41) is 10.9. The second kappa shape index (κ2) is 9.36. The average Bonchev–Trinajstić information content (AvgIpc) is 2.76. The van der Waals surface area contributed by atoms with Gasteiger partial charge in [-0.3, -0.25) is 14.9 Å². The Bertz CT molecular complexity index is 986. The first-order valence-corrected chi connectivity index (χ1v) is 8.82. The number of non-ortho nitro benzene ring substituents is 1. The van der Waals surface area contributed by atoms with Gasteiger partial charge in [-0.15, -0.1) is 0 Å². The number of rotatable bonds is 9. The van der Waals surface area contributed by atoms with Crippen LogP contribution in [0.4, 0.5) is 5.69 Å². The highest BCUT2D eigenvalue weighted by molar-refractivity contribution is 5.97. The van der Waals surface area contributed by atoms with E-state index >= 15 is 0 Å². The Morgan fingerprint density at radius 1 is 0.931 bits per heavy atom. The molecule has 3 aromatic rings. The molecule has 0 amide bonds. The molecule has 0 bridgehead atoms. The maximum atomic E-state index is 12.4. The maximum Gasteiger partial charge on any atom is 0.273 e. The van der Waals surface area contributed by atoms with Gasteiger partial charge in [0.15, 0.2) is 23.9 Å². The molecule has 0 radical (unpaired) electrons. The van der Waals surface area contributed by atoms with Crippen LogP contribution in [-0.4, -0.2) is 24.4 Å². The second-order valence-electron chi connectivity index (χ2n) is 6.10. The van der Waals surface area contributed by atoms with Crippen molar-refractivity contribution in [3.05, 3.63) is 94.0 Å². The van der Waals surface area contributed by atoms with Crippen molar-refractivity contribution in [3.63, 3.8) is 0 Å². The fourth-order valence-corrected chi connectivity index (χ4v) is 2.60. The normalized spacial score (nSPS) is 10.2. The molecule has 3 rings (SSSR count). The third-order valence-electron chi connectivity index (χ3n) is 4.14. The highest BCUT2D eigenvalue weighted by Gasteiger charge is 2.14. The van der Waals surface area contributed by atoms with Crippen LogP contribution >= 0.6 is 0 Å². The van der Waals surface area contributed by atoms with Crippen molar-refractivity contribution >= 4 is 11.5 Å². The van der Waals surface area contributed by atoms with E-state index in [1.807, 2.05) is 30.3 Å². The van der Waals surface area contributed by atoms with Gasteiger partial charge in [0.05, 0.1) is 18.1 Å². The highest BCUT2D eigenvalue weighted by atomic mass is 16.6. The van der Waals surface area contributed by atoms with Gasteiger partial charge in [-0.25, -0.2) is 0 Å². The van der Waals surface area contributed by atoms with E-state index in [0.29, 0.717) is 23.7 Å². The quantitative estimate of drug-likeness (QED) is 0.303. The van der Waals surface area contributed by atoms with Gasteiger partial charge in [-0.05, 0) is 35.9 Å². The predicted molar refractivity (Wildman–Crippen MR) is 107 cm³/mol. The minimum Gasteiger partial charge on any atom is -0.493 e. The van der Waals surface area contributed by atoms with Crippen LogP contribution in [0.25, 0.3) is 0 Å². The number of hydrogen-bond acceptors (Lipinski definition) is 6. The van der Waals surface area contributed by atoms with Crippen LogP contribution in [0.15, 0.2) is 72.8 Å². The Balaban J connectivity index is 1.60. The van der Waals surface area contributed by atoms with Gasteiger partial charge in [-0.1, -0.05) is 30.3 Å². The van der Waals surface area contributed by atoms with Crippen molar-refractivity contribution in [2.45, 2.75) is 6.61 Å². The van der Waals surface area contributed by atoms with Crippen LogP contribution in [0.5, 0.6) is 17.2 Å². The van der Waals surface area contributed by atoms with Gasteiger partial charge in [0.2, 0.25) is 0 Å². The Morgan fingerprint density at radius 3 is 2.31 bits per heavy atom. The van der Waals surface area contributed by atoms with Gasteiger partial charge in [0.1, 0.15) is 12.4 Å². The largest absolute Gasteiger partial charge is 0.493 e. The summed E-state index contributed by atoms with van der Waals surface area (Å²) >= 11 is 0. The van der Waals surface area contributed by atoms with E-state index in [0.717, 1.165) is 5.56 Å². The van der Waals surface area contributed by atoms with Crippen LogP contribution in [0.1, 0.15) is 15.9 Å². The minimum atomic E-state index is -0.539. The number of ketones is 1. The molecule has 0 aliphatic carbocycles.